The molecule has 17 heavy (non-hydrogen) atoms. The normalized spacial score (nSPS) is 13.2. The van der Waals surface area contributed by atoms with Gasteiger partial charge in [-0.1, -0.05) is 0 Å². The number of halogens is 3. The Hall–Kier alpha value is -1.43. The molecule has 6 heteroatoms. The average Bonchev–Trinajstić information content (AvgIpc) is 2.28. The van der Waals surface area contributed by atoms with Crippen molar-refractivity contribution in [2.24, 2.45) is 0 Å². The molecule has 0 saturated carbocycles. The molecule has 0 unspecified atom stereocenters. The van der Waals surface area contributed by atoms with Crippen LogP contribution >= 0.6 is 0 Å². The lowest BCUT2D eigenvalue weighted by molar-refractivity contribution is -0.145. The molecule has 2 N–H and O–H groups in total. The Morgan fingerprint density at radius 3 is 2.29 bits per heavy atom. The van der Waals surface area contributed by atoms with Gasteiger partial charge in [-0.2, -0.15) is 13.2 Å². The lowest BCUT2D eigenvalue weighted by Gasteiger charge is -2.21. The summed E-state index contributed by atoms with van der Waals surface area (Å²) in [6.07, 6.45) is -4.77. The third kappa shape index (κ3) is 4.14. The van der Waals surface area contributed by atoms with E-state index < -0.39 is 18.8 Å². The van der Waals surface area contributed by atoms with Crippen LogP contribution in [-0.2, 0) is 0 Å². The lowest BCUT2D eigenvalue weighted by atomic mass is 10.2. The van der Waals surface area contributed by atoms with E-state index in [0.29, 0.717) is 11.4 Å². The van der Waals surface area contributed by atoms with Crippen molar-refractivity contribution in [1.29, 1.82) is 0 Å². The number of hydrogen-bond donors (Lipinski definition) is 2. The molecule has 0 bridgehead atoms. The Morgan fingerprint density at radius 2 is 1.88 bits per heavy atom. The zero-order valence-corrected chi connectivity index (χ0v) is 9.29. The van der Waals surface area contributed by atoms with Crippen LogP contribution in [0.5, 0.6) is 5.75 Å². The van der Waals surface area contributed by atoms with Crippen molar-refractivity contribution in [2.75, 3.05) is 19.0 Å². The molecule has 0 amide bonds. The second kappa shape index (κ2) is 5.77. The summed E-state index contributed by atoms with van der Waals surface area (Å²) in [5.74, 6) is 0.571. The predicted octanol–water partition coefficient (Wildman–Crippen LogP) is 2.42. The number of rotatable bonds is 5. The van der Waals surface area contributed by atoms with E-state index in [0.717, 1.165) is 0 Å². The maximum atomic E-state index is 12.5. The molecule has 1 aromatic rings. The Morgan fingerprint density at radius 1 is 1.29 bits per heavy atom. The number of anilines is 1. The van der Waals surface area contributed by atoms with Gasteiger partial charge in [0.25, 0.3) is 0 Å². The Labute approximate surface area is 97.2 Å². The maximum absolute atomic E-state index is 12.5. The van der Waals surface area contributed by atoms with Gasteiger partial charge >= 0.3 is 6.18 Å². The van der Waals surface area contributed by atoms with Crippen LogP contribution in [0.1, 0.15) is 6.42 Å². The van der Waals surface area contributed by atoms with Gasteiger partial charge in [-0.25, -0.2) is 0 Å². The molecular formula is C11H14F3NO2. The molecule has 0 aliphatic heterocycles. The SMILES string of the molecule is COc1ccc(N[C@@H](CCO)C(F)(F)F)cc1. The minimum Gasteiger partial charge on any atom is -0.497 e. The molecule has 0 aliphatic carbocycles. The fourth-order valence-corrected chi connectivity index (χ4v) is 1.34. The molecular weight excluding hydrogens is 235 g/mol. The van der Waals surface area contributed by atoms with Gasteiger partial charge in [-0.3, -0.25) is 0 Å². The van der Waals surface area contributed by atoms with Crippen molar-refractivity contribution < 1.29 is 23.0 Å². The fourth-order valence-electron chi connectivity index (χ4n) is 1.34. The van der Waals surface area contributed by atoms with E-state index in [2.05, 4.69) is 5.32 Å². The molecule has 0 aromatic heterocycles. The molecule has 0 radical (unpaired) electrons. The van der Waals surface area contributed by atoms with Crippen LogP contribution in [-0.4, -0.2) is 31.0 Å². The highest BCUT2D eigenvalue weighted by atomic mass is 19.4. The van der Waals surface area contributed by atoms with Crippen LogP contribution in [0.25, 0.3) is 0 Å². The van der Waals surface area contributed by atoms with Gasteiger partial charge in [0.1, 0.15) is 11.8 Å². The van der Waals surface area contributed by atoms with Crippen molar-refractivity contribution in [3.63, 3.8) is 0 Å². The second-order valence-electron chi connectivity index (χ2n) is 3.48. The minimum absolute atomic E-state index is 0.335. The van der Waals surface area contributed by atoms with E-state index in [-0.39, 0.29) is 6.42 Å². The number of ether oxygens (including phenoxy) is 1. The summed E-state index contributed by atoms with van der Waals surface area (Å²) >= 11 is 0. The van der Waals surface area contributed by atoms with Crippen LogP contribution < -0.4 is 10.1 Å². The molecule has 0 saturated heterocycles. The number of alkyl halides is 3. The van der Waals surface area contributed by atoms with Gasteiger partial charge in [-0.15, -0.1) is 0 Å². The smallest absolute Gasteiger partial charge is 0.408 e. The molecule has 1 atom stereocenters. The van der Waals surface area contributed by atoms with Gasteiger partial charge < -0.3 is 15.2 Å². The van der Waals surface area contributed by atoms with Crippen LogP contribution in [0.3, 0.4) is 0 Å². The van der Waals surface area contributed by atoms with Crippen LogP contribution in [0.2, 0.25) is 0 Å². The predicted molar refractivity (Wildman–Crippen MR) is 58.2 cm³/mol. The van der Waals surface area contributed by atoms with Crippen molar-refractivity contribution >= 4 is 5.69 Å². The summed E-state index contributed by atoms with van der Waals surface area (Å²) in [5.41, 5.74) is 0.335. The zero-order chi connectivity index (χ0) is 12.9. The van der Waals surface area contributed by atoms with Crippen LogP contribution in [0.15, 0.2) is 24.3 Å². The first kappa shape index (κ1) is 13.6. The highest BCUT2D eigenvalue weighted by Gasteiger charge is 2.39. The first-order valence-electron chi connectivity index (χ1n) is 5.05. The molecule has 0 spiro atoms. The van der Waals surface area contributed by atoms with Crippen molar-refractivity contribution in [3.8, 4) is 5.75 Å². The quantitative estimate of drug-likeness (QED) is 0.842. The van der Waals surface area contributed by atoms with Gasteiger partial charge in [-0.05, 0) is 30.7 Å². The van der Waals surface area contributed by atoms with Gasteiger partial charge in [0.05, 0.1) is 7.11 Å². The summed E-state index contributed by atoms with van der Waals surface area (Å²) in [5, 5.41) is 10.9. The highest BCUT2D eigenvalue weighted by molar-refractivity contribution is 5.47. The number of hydrogen-bond acceptors (Lipinski definition) is 3. The molecule has 3 nitrogen and oxygen atoms in total. The standard InChI is InChI=1S/C11H14F3NO2/c1-17-9-4-2-8(3-5-9)15-10(6-7-16)11(12,13)14/h2-5,10,15-16H,6-7H2,1H3/t10-/m0/s1. The topological polar surface area (TPSA) is 41.5 Å². The second-order valence-corrected chi connectivity index (χ2v) is 3.48. The maximum Gasteiger partial charge on any atom is 0.408 e. The van der Waals surface area contributed by atoms with E-state index in [4.69, 9.17) is 9.84 Å². The van der Waals surface area contributed by atoms with Gasteiger partial charge in [0.15, 0.2) is 0 Å². The third-order valence-corrected chi connectivity index (χ3v) is 2.24. The summed E-state index contributed by atoms with van der Waals surface area (Å²) in [7, 11) is 1.48. The molecule has 96 valence electrons. The van der Waals surface area contributed by atoms with Crippen LogP contribution in [0.4, 0.5) is 18.9 Å². The van der Waals surface area contributed by atoms with E-state index in [9.17, 15) is 13.2 Å². The largest absolute Gasteiger partial charge is 0.497 e. The Bertz CT molecular complexity index is 338. The van der Waals surface area contributed by atoms with Crippen molar-refractivity contribution in [1.82, 2.24) is 0 Å². The number of aliphatic hydroxyl groups excluding tert-OH is 1. The highest BCUT2D eigenvalue weighted by Crippen LogP contribution is 2.26. The van der Waals surface area contributed by atoms with E-state index in [1.165, 1.54) is 19.2 Å². The zero-order valence-electron chi connectivity index (χ0n) is 9.29. The number of aliphatic hydroxyl groups is 1. The first-order chi connectivity index (χ1) is 7.97. The minimum atomic E-state index is -4.39. The number of methoxy groups -OCH3 is 1. The van der Waals surface area contributed by atoms with E-state index >= 15 is 0 Å². The number of benzene rings is 1. The monoisotopic (exact) mass is 249 g/mol. The fraction of sp³-hybridized carbons (Fsp3) is 0.455. The van der Waals surface area contributed by atoms with E-state index in [1.54, 1.807) is 12.1 Å². The van der Waals surface area contributed by atoms with E-state index in [1.807, 2.05) is 0 Å². The lowest BCUT2D eigenvalue weighted by Crippen LogP contribution is -2.36. The summed E-state index contributed by atoms with van der Waals surface area (Å²) in [4.78, 5) is 0. The van der Waals surface area contributed by atoms with Crippen LogP contribution in [0, 0.1) is 0 Å². The van der Waals surface area contributed by atoms with Crippen molar-refractivity contribution in [3.05, 3.63) is 24.3 Å². The number of nitrogens with one attached hydrogen (secondary N) is 1. The average molecular weight is 249 g/mol. The molecule has 1 aromatic carbocycles. The molecule has 0 heterocycles. The van der Waals surface area contributed by atoms with Gasteiger partial charge in [0, 0.05) is 12.3 Å². The third-order valence-electron chi connectivity index (χ3n) is 2.24. The Balaban J connectivity index is 2.72. The summed E-state index contributed by atoms with van der Waals surface area (Å²) in [6, 6.07) is 4.37. The summed E-state index contributed by atoms with van der Waals surface area (Å²) in [6.45, 7) is -0.521. The summed E-state index contributed by atoms with van der Waals surface area (Å²) < 4.78 is 42.5. The van der Waals surface area contributed by atoms with Gasteiger partial charge in [0.2, 0.25) is 0 Å². The molecule has 0 fully saturated rings. The van der Waals surface area contributed by atoms with Crippen molar-refractivity contribution in [2.45, 2.75) is 18.6 Å². The first-order valence-corrected chi connectivity index (χ1v) is 5.05. The Kier molecular flexibility index (Phi) is 4.62. The molecule has 0 aliphatic rings. The molecule has 1 rings (SSSR count).